The van der Waals surface area contributed by atoms with Crippen molar-refractivity contribution in [1.29, 1.82) is 0 Å². The molecule has 0 bridgehead atoms. The van der Waals surface area contributed by atoms with Crippen molar-refractivity contribution in [3.05, 3.63) is 34.9 Å². The summed E-state index contributed by atoms with van der Waals surface area (Å²) in [5, 5.41) is 0. The molecular weight excluding hydrogens is 148 g/mol. The van der Waals surface area contributed by atoms with E-state index >= 15 is 0 Å². The average Bonchev–Trinajstić information content (AvgIpc) is 2.04. The van der Waals surface area contributed by atoms with E-state index in [1.54, 1.807) is 6.92 Å². The van der Waals surface area contributed by atoms with E-state index in [2.05, 4.69) is 13.0 Å². The highest BCUT2D eigenvalue weighted by atomic mass is 16.1. The van der Waals surface area contributed by atoms with Gasteiger partial charge in [0.2, 0.25) is 0 Å². The van der Waals surface area contributed by atoms with Gasteiger partial charge in [-0.15, -0.1) is 0 Å². The molecule has 12 heavy (non-hydrogen) atoms. The van der Waals surface area contributed by atoms with Crippen molar-refractivity contribution in [3.8, 4) is 0 Å². The van der Waals surface area contributed by atoms with E-state index < -0.39 is 0 Å². The molecule has 0 amide bonds. The Kier molecular flexibility index (Phi) is 2.64. The lowest BCUT2D eigenvalue weighted by Crippen LogP contribution is -1.98. The molecule has 0 aliphatic heterocycles. The summed E-state index contributed by atoms with van der Waals surface area (Å²) in [6, 6.07) is 5.90. The quantitative estimate of drug-likeness (QED) is 0.611. The van der Waals surface area contributed by atoms with E-state index in [-0.39, 0.29) is 5.78 Å². The summed E-state index contributed by atoms with van der Waals surface area (Å²) in [6.07, 6.45) is 0.993. The first-order valence-electron chi connectivity index (χ1n) is 4.26. The summed E-state index contributed by atoms with van der Waals surface area (Å²) in [6.45, 7) is 5.73. The molecule has 0 heterocycles. The molecule has 0 aliphatic carbocycles. The topological polar surface area (TPSA) is 17.1 Å². The standard InChI is InChI=1S/C11H14O/c1-4-10-6-5-7-11(8(10)2)9(3)12/h5-7H,4H2,1-3H3. The Balaban J connectivity index is 3.23. The van der Waals surface area contributed by atoms with E-state index in [1.807, 2.05) is 19.1 Å². The fourth-order valence-electron chi connectivity index (χ4n) is 1.45. The summed E-state index contributed by atoms with van der Waals surface area (Å²) in [4.78, 5) is 11.1. The number of hydrogen-bond acceptors (Lipinski definition) is 1. The van der Waals surface area contributed by atoms with E-state index in [0.29, 0.717) is 0 Å². The van der Waals surface area contributed by atoms with Crippen LogP contribution in [0.5, 0.6) is 0 Å². The van der Waals surface area contributed by atoms with Crippen LogP contribution in [-0.2, 0) is 6.42 Å². The van der Waals surface area contributed by atoms with Gasteiger partial charge in [-0.2, -0.15) is 0 Å². The normalized spacial score (nSPS) is 9.92. The van der Waals surface area contributed by atoms with E-state index in [9.17, 15) is 4.79 Å². The number of Topliss-reactive ketones (excluding diaryl/α,β-unsaturated/α-hetero) is 1. The Morgan fingerprint density at radius 2 is 2.08 bits per heavy atom. The lowest BCUT2D eigenvalue weighted by atomic mass is 9.99. The monoisotopic (exact) mass is 162 g/mol. The highest BCUT2D eigenvalue weighted by Gasteiger charge is 2.05. The van der Waals surface area contributed by atoms with Gasteiger partial charge in [0.15, 0.2) is 5.78 Å². The minimum absolute atomic E-state index is 0.155. The maximum absolute atomic E-state index is 11.1. The Morgan fingerprint density at radius 3 is 2.58 bits per heavy atom. The molecule has 64 valence electrons. The minimum Gasteiger partial charge on any atom is -0.295 e. The zero-order chi connectivity index (χ0) is 9.14. The number of hydrogen-bond donors (Lipinski definition) is 0. The first kappa shape index (κ1) is 8.98. The second-order valence-corrected chi connectivity index (χ2v) is 3.00. The van der Waals surface area contributed by atoms with Crippen LogP contribution in [0.2, 0.25) is 0 Å². The van der Waals surface area contributed by atoms with Crippen molar-refractivity contribution in [1.82, 2.24) is 0 Å². The number of benzene rings is 1. The summed E-state index contributed by atoms with van der Waals surface area (Å²) in [5.74, 6) is 0.155. The molecule has 0 spiro atoms. The van der Waals surface area contributed by atoms with Crippen LogP contribution in [0.25, 0.3) is 0 Å². The van der Waals surface area contributed by atoms with Crippen molar-refractivity contribution < 1.29 is 4.79 Å². The summed E-state index contributed by atoms with van der Waals surface area (Å²) < 4.78 is 0. The molecule has 0 fully saturated rings. The SMILES string of the molecule is CCc1cccc(C(C)=O)c1C. The molecule has 0 aromatic heterocycles. The van der Waals surface area contributed by atoms with Gasteiger partial charge in [-0.25, -0.2) is 0 Å². The predicted octanol–water partition coefficient (Wildman–Crippen LogP) is 2.76. The van der Waals surface area contributed by atoms with Crippen molar-refractivity contribution in [3.63, 3.8) is 0 Å². The molecule has 0 saturated carbocycles. The number of carbonyl (C=O) groups excluding carboxylic acids is 1. The molecule has 0 N–H and O–H groups in total. The predicted molar refractivity (Wildman–Crippen MR) is 50.6 cm³/mol. The Labute approximate surface area is 73.4 Å². The average molecular weight is 162 g/mol. The Bertz CT molecular complexity index is 300. The molecule has 1 aromatic carbocycles. The number of rotatable bonds is 2. The molecular formula is C11H14O. The van der Waals surface area contributed by atoms with Crippen LogP contribution in [0, 0.1) is 6.92 Å². The molecule has 1 rings (SSSR count). The molecule has 0 unspecified atom stereocenters. The third-order valence-electron chi connectivity index (χ3n) is 2.21. The lowest BCUT2D eigenvalue weighted by Gasteiger charge is -2.06. The van der Waals surface area contributed by atoms with Crippen LogP contribution in [-0.4, -0.2) is 5.78 Å². The second-order valence-electron chi connectivity index (χ2n) is 3.00. The van der Waals surface area contributed by atoms with Crippen LogP contribution in [0.4, 0.5) is 0 Å². The lowest BCUT2D eigenvalue weighted by molar-refractivity contribution is 0.101. The highest BCUT2D eigenvalue weighted by molar-refractivity contribution is 5.95. The fraction of sp³-hybridized carbons (Fsp3) is 0.364. The largest absolute Gasteiger partial charge is 0.295 e. The smallest absolute Gasteiger partial charge is 0.160 e. The zero-order valence-electron chi connectivity index (χ0n) is 7.85. The maximum Gasteiger partial charge on any atom is 0.160 e. The van der Waals surface area contributed by atoms with Crippen LogP contribution in [0.3, 0.4) is 0 Å². The van der Waals surface area contributed by atoms with Crippen molar-refractivity contribution in [2.45, 2.75) is 27.2 Å². The van der Waals surface area contributed by atoms with Crippen molar-refractivity contribution >= 4 is 5.78 Å². The van der Waals surface area contributed by atoms with E-state index in [0.717, 1.165) is 17.5 Å². The molecule has 1 aromatic rings. The summed E-state index contributed by atoms with van der Waals surface area (Å²) in [5.41, 5.74) is 3.25. The maximum atomic E-state index is 11.1. The van der Waals surface area contributed by atoms with Gasteiger partial charge < -0.3 is 0 Å². The molecule has 1 heteroatoms. The number of carbonyl (C=O) groups is 1. The van der Waals surface area contributed by atoms with Crippen LogP contribution in [0.15, 0.2) is 18.2 Å². The van der Waals surface area contributed by atoms with Gasteiger partial charge in [0.25, 0.3) is 0 Å². The molecule has 0 aliphatic rings. The highest BCUT2D eigenvalue weighted by Crippen LogP contribution is 2.14. The fourth-order valence-corrected chi connectivity index (χ4v) is 1.45. The van der Waals surface area contributed by atoms with Crippen LogP contribution < -0.4 is 0 Å². The van der Waals surface area contributed by atoms with E-state index in [1.165, 1.54) is 5.56 Å². The zero-order valence-corrected chi connectivity index (χ0v) is 7.85. The summed E-state index contributed by atoms with van der Waals surface area (Å²) >= 11 is 0. The third-order valence-corrected chi connectivity index (χ3v) is 2.21. The first-order chi connectivity index (χ1) is 5.66. The van der Waals surface area contributed by atoms with E-state index in [4.69, 9.17) is 0 Å². The molecule has 0 atom stereocenters. The number of ketones is 1. The van der Waals surface area contributed by atoms with Crippen molar-refractivity contribution in [2.75, 3.05) is 0 Å². The Hall–Kier alpha value is -1.11. The van der Waals surface area contributed by atoms with Crippen molar-refractivity contribution in [2.24, 2.45) is 0 Å². The van der Waals surface area contributed by atoms with Gasteiger partial charge in [0, 0.05) is 5.56 Å². The van der Waals surface area contributed by atoms with Gasteiger partial charge in [-0.05, 0) is 31.4 Å². The van der Waals surface area contributed by atoms with Gasteiger partial charge in [0.1, 0.15) is 0 Å². The minimum atomic E-state index is 0.155. The van der Waals surface area contributed by atoms with Gasteiger partial charge in [-0.3, -0.25) is 4.79 Å². The molecule has 1 nitrogen and oxygen atoms in total. The molecule has 0 radical (unpaired) electrons. The molecule has 0 saturated heterocycles. The number of aryl methyl sites for hydroxylation is 1. The third kappa shape index (κ3) is 1.55. The van der Waals surface area contributed by atoms with Gasteiger partial charge in [-0.1, -0.05) is 25.1 Å². The first-order valence-corrected chi connectivity index (χ1v) is 4.26. The Morgan fingerprint density at radius 1 is 1.42 bits per heavy atom. The van der Waals surface area contributed by atoms with Crippen LogP contribution in [0.1, 0.15) is 35.3 Å². The van der Waals surface area contributed by atoms with Gasteiger partial charge in [0.05, 0.1) is 0 Å². The van der Waals surface area contributed by atoms with Crippen LogP contribution >= 0.6 is 0 Å². The summed E-state index contributed by atoms with van der Waals surface area (Å²) in [7, 11) is 0. The second kappa shape index (κ2) is 3.53. The van der Waals surface area contributed by atoms with Gasteiger partial charge >= 0.3 is 0 Å².